The lowest BCUT2D eigenvalue weighted by Crippen LogP contribution is -2.42. The van der Waals surface area contributed by atoms with Crippen molar-refractivity contribution in [2.75, 3.05) is 5.75 Å². The van der Waals surface area contributed by atoms with Gasteiger partial charge in [-0.25, -0.2) is 4.98 Å². The molecule has 0 atom stereocenters. The van der Waals surface area contributed by atoms with E-state index in [1.165, 1.54) is 11.8 Å². The quantitative estimate of drug-likeness (QED) is 0.579. The van der Waals surface area contributed by atoms with Crippen LogP contribution in [-0.2, 0) is 22.7 Å². The molecule has 28 heavy (non-hydrogen) atoms. The van der Waals surface area contributed by atoms with Crippen LogP contribution in [0.15, 0.2) is 46.9 Å². The van der Waals surface area contributed by atoms with Crippen LogP contribution < -0.4 is 10.6 Å². The summed E-state index contributed by atoms with van der Waals surface area (Å²) in [6.07, 6.45) is 0. The number of amides is 2. The monoisotopic (exact) mass is 416 g/mol. The maximum Gasteiger partial charge on any atom is 0.240 e. The van der Waals surface area contributed by atoms with Crippen molar-refractivity contribution in [3.05, 3.63) is 46.7 Å². The molecule has 0 aliphatic carbocycles. The highest BCUT2D eigenvalue weighted by Crippen LogP contribution is 2.24. The second kappa shape index (κ2) is 8.79. The molecule has 0 aliphatic heterocycles. The molecular weight excluding hydrogens is 392 g/mol. The van der Waals surface area contributed by atoms with Gasteiger partial charge in [0.1, 0.15) is 6.54 Å². The molecule has 0 radical (unpaired) electrons. The third-order valence-corrected chi connectivity index (χ3v) is 5.66. The smallest absolute Gasteiger partial charge is 0.240 e. The number of hydrogen-bond acceptors (Lipinski definition) is 5. The number of carbonyl (C=O) groups is 2. The molecule has 2 amide bonds. The summed E-state index contributed by atoms with van der Waals surface area (Å²) in [6.45, 7) is 6.54. The predicted molar refractivity (Wildman–Crippen MR) is 115 cm³/mol. The summed E-state index contributed by atoms with van der Waals surface area (Å²) in [5.74, 6) is 0.103. The van der Waals surface area contributed by atoms with Gasteiger partial charge in [-0.1, -0.05) is 30.0 Å². The third-order valence-electron chi connectivity index (χ3n) is 3.81. The first-order valence-corrected chi connectivity index (χ1v) is 10.9. The fourth-order valence-corrected chi connectivity index (χ4v) is 4.19. The minimum atomic E-state index is -0.303. The molecule has 0 saturated carbocycles. The van der Waals surface area contributed by atoms with E-state index < -0.39 is 0 Å². The van der Waals surface area contributed by atoms with E-state index in [1.54, 1.807) is 11.3 Å². The zero-order valence-corrected chi connectivity index (χ0v) is 17.8. The van der Waals surface area contributed by atoms with Crippen molar-refractivity contribution in [2.24, 2.45) is 0 Å². The van der Waals surface area contributed by atoms with Crippen LogP contribution in [0.2, 0.25) is 0 Å². The van der Waals surface area contributed by atoms with E-state index in [0.29, 0.717) is 11.7 Å². The van der Waals surface area contributed by atoms with Crippen molar-refractivity contribution in [3.63, 3.8) is 0 Å². The highest BCUT2D eigenvalue weighted by Gasteiger charge is 2.18. The van der Waals surface area contributed by atoms with Crippen LogP contribution in [0, 0.1) is 0 Å². The summed E-state index contributed by atoms with van der Waals surface area (Å²) >= 11 is 2.95. The van der Waals surface area contributed by atoms with Crippen molar-refractivity contribution >= 4 is 45.9 Å². The van der Waals surface area contributed by atoms with Crippen molar-refractivity contribution in [2.45, 2.75) is 44.6 Å². The van der Waals surface area contributed by atoms with E-state index in [9.17, 15) is 9.59 Å². The molecule has 2 heterocycles. The fraction of sp³-hybridized carbons (Fsp3) is 0.350. The molecule has 0 aliphatic rings. The number of thiophene rings is 1. The van der Waals surface area contributed by atoms with Crippen molar-refractivity contribution in [1.82, 2.24) is 20.2 Å². The largest absolute Gasteiger partial charge is 0.350 e. The molecule has 0 saturated heterocycles. The van der Waals surface area contributed by atoms with Crippen LogP contribution in [0.5, 0.6) is 0 Å². The number of fused-ring (bicyclic) bond motifs is 1. The Hall–Kier alpha value is -2.32. The Balaban J connectivity index is 1.69. The number of para-hydroxylation sites is 2. The minimum absolute atomic E-state index is 0.0591. The molecular formula is C20H24N4O2S2. The van der Waals surface area contributed by atoms with Crippen LogP contribution in [-0.4, -0.2) is 32.7 Å². The predicted octanol–water partition coefficient (Wildman–Crippen LogP) is 3.42. The Morgan fingerprint density at radius 1 is 1.14 bits per heavy atom. The number of benzene rings is 1. The van der Waals surface area contributed by atoms with Gasteiger partial charge in [-0.2, -0.15) is 0 Å². The molecule has 6 nitrogen and oxygen atoms in total. The van der Waals surface area contributed by atoms with Gasteiger partial charge in [0.15, 0.2) is 5.16 Å². The second-order valence-corrected chi connectivity index (χ2v) is 9.39. The Labute approximate surface area is 172 Å². The summed E-state index contributed by atoms with van der Waals surface area (Å²) in [5, 5.41) is 8.54. The van der Waals surface area contributed by atoms with Crippen LogP contribution in [0.1, 0.15) is 25.6 Å². The molecule has 148 valence electrons. The lowest BCUT2D eigenvalue weighted by molar-refractivity contribution is -0.123. The number of rotatable bonds is 7. The minimum Gasteiger partial charge on any atom is -0.350 e. The molecule has 1 aromatic carbocycles. The summed E-state index contributed by atoms with van der Waals surface area (Å²) in [4.78, 5) is 30.4. The van der Waals surface area contributed by atoms with Gasteiger partial charge in [-0.05, 0) is 44.4 Å². The maximum atomic E-state index is 12.4. The first kappa shape index (κ1) is 20.4. The van der Waals surface area contributed by atoms with E-state index in [-0.39, 0.29) is 29.7 Å². The first-order chi connectivity index (χ1) is 13.3. The molecule has 0 unspecified atom stereocenters. The zero-order chi connectivity index (χ0) is 20.1. The molecule has 2 N–H and O–H groups in total. The van der Waals surface area contributed by atoms with Gasteiger partial charge < -0.3 is 15.2 Å². The number of aromatic nitrogens is 2. The maximum absolute atomic E-state index is 12.4. The van der Waals surface area contributed by atoms with Gasteiger partial charge in [0.05, 0.1) is 23.3 Å². The topological polar surface area (TPSA) is 76.0 Å². The van der Waals surface area contributed by atoms with E-state index in [4.69, 9.17) is 0 Å². The number of imidazole rings is 1. The first-order valence-electron chi connectivity index (χ1n) is 9.00. The molecule has 3 rings (SSSR count). The lowest BCUT2D eigenvalue weighted by atomic mass is 10.1. The Kier molecular flexibility index (Phi) is 6.41. The standard InChI is InChI=1S/C20H24N4O2S2/c1-20(2,3)23-17(25)12-24-16-9-5-4-8-15(16)22-19(24)28-13-18(26)21-11-14-7-6-10-27-14/h4-10H,11-13H2,1-3H3,(H,21,26)(H,23,25). The number of carbonyl (C=O) groups excluding carboxylic acids is 2. The van der Waals surface area contributed by atoms with Crippen molar-refractivity contribution < 1.29 is 9.59 Å². The van der Waals surface area contributed by atoms with Gasteiger partial charge in [-0.15, -0.1) is 11.3 Å². The fourth-order valence-electron chi connectivity index (χ4n) is 2.70. The normalized spacial score (nSPS) is 11.5. The van der Waals surface area contributed by atoms with Crippen molar-refractivity contribution in [3.8, 4) is 0 Å². The highest BCUT2D eigenvalue weighted by molar-refractivity contribution is 7.99. The lowest BCUT2D eigenvalue weighted by Gasteiger charge is -2.21. The second-order valence-electron chi connectivity index (χ2n) is 7.41. The van der Waals surface area contributed by atoms with Gasteiger partial charge >= 0.3 is 0 Å². The van der Waals surface area contributed by atoms with Gasteiger partial charge in [-0.3, -0.25) is 9.59 Å². The van der Waals surface area contributed by atoms with Crippen molar-refractivity contribution in [1.29, 1.82) is 0 Å². The molecule has 8 heteroatoms. The van der Waals surface area contributed by atoms with Crippen LogP contribution in [0.3, 0.4) is 0 Å². The molecule has 3 aromatic rings. The Morgan fingerprint density at radius 3 is 2.64 bits per heavy atom. The van der Waals surface area contributed by atoms with Crippen LogP contribution in [0.4, 0.5) is 0 Å². The molecule has 2 aromatic heterocycles. The summed E-state index contributed by atoms with van der Waals surface area (Å²) in [5.41, 5.74) is 1.39. The number of nitrogens with zero attached hydrogens (tertiary/aromatic N) is 2. The van der Waals surface area contributed by atoms with Crippen LogP contribution in [0.25, 0.3) is 11.0 Å². The highest BCUT2D eigenvalue weighted by atomic mass is 32.2. The van der Waals surface area contributed by atoms with E-state index >= 15 is 0 Å². The third kappa shape index (κ3) is 5.59. The van der Waals surface area contributed by atoms with Gasteiger partial charge in [0, 0.05) is 10.4 Å². The van der Waals surface area contributed by atoms with Gasteiger partial charge in [0.2, 0.25) is 11.8 Å². The van der Waals surface area contributed by atoms with Crippen LogP contribution >= 0.6 is 23.1 Å². The zero-order valence-electron chi connectivity index (χ0n) is 16.2. The number of thioether (sulfide) groups is 1. The number of hydrogen-bond donors (Lipinski definition) is 2. The van der Waals surface area contributed by atoms with E-state index in [2.05, 4.69) is 15.6 Å². The molecule has 0 fully saturated rings. The average Bonchev–Trinajstić information content (AvgIpc) is 3.25. The SMILES string of the molecule is CC(C)(C)NC(=O)Cn1c(SCC(=O)NCc2cccs2)nc2ccccc21. The summed E-state index contributed by atoms with van der Waals surface area (Å²) in [6, 6.07) is 11.6. The summed E-state index contributed by atoms with van der Waals surface area (Å²) in [7, 11) is 0. The molecule has 0 spiro atoms. The summed E-state index contributed by atoms with van der Waals surface area (Å²) < 4.78 is 1.87. The average molecular weight is 417 g/mol. The molecule has 0 bridgehead atoms. The number of nitrogens with one attached hydrogen (secondary N) is 2. The van der Waals surface area contributed by atoms with E-state index in [1.807, 2.05) is 67.1 Å². The van der Waals surface area contributed by atoms with Gasteiger partial charge in [0.25, 0.3) is 0 Å². The Bertz CT molecular complexity index is 958. The Morgan fingerprint density at radius 2 is 1.93 bits per heavy atom. The van der Waals surface area contributed by atoms with E-state index in [0.717, 1.165) is 15.9 Å².